The number of carboxylic acids is 1. The van der Waals surface area contributed by atoms with Crippen molar-refractivity contribution < 1.29 is 9.90 Å². The lowest BCUT2D eigenvalue weighted by molar-refractivity contribution is -0.136. The van der Waals surface area contributed by atoms with Crippen LogP contribution in [0.2, 0.25) is 5.15 Å². The van der Waals surface area contributed by atoms with Crippen LogP contribution in [0.3, 0.4) is 0 Å². The minimum absolute atomic E-state index is 0.374. The van der Waals surface area contributed by atoms with Crippen molar-refractivity contribution in [2.45, 2.75) is 24.3 Å². The van der Waals surface area contributed by atoms with E-state index in [-0.39, 0.29) is 0 Å². The molecule has 0 saturated heterocycles. The number of aryl methyl sites for hydroxylation is 1. The van der Waals surface area contributed by atoms with Crippen molar-refractivity contribution in [1.82, 2.24) is 9.97 Å². The molecule has 0 saturated carbocycles. The molecule has 0 aliphatic heterocycles. The van der Waals surface area contributed by atoms with E-state index in [0.717, 1.165) is 26.9 Å². The second kappa shape index (κ2) is 4.80. The van der Waals surface area contributed by atoms with Gasteiger partial charge in [-0.3, -0.25) is 4.79 Å². The summed E-state index contributed by atoms with van der Waals surface area (Å²) in [6.07, 6.45) is 0. The van der Waals surface area contributed by atoms with Gasteiger partial charge in [0.2, 0.25) is 0 Å². The first kappa shape index (κ1) is 12.6. The van der Waals surface area contributed by atoms with Gasteiger partial charge in [-0.2, -0.15) is 0 Å². The molecular formula is C10H9ClN2O2S2. The van der Waals surface area contributed by atoms with E-state index in [9.17, 15) is 4.79 Å². The summed E-state index contributed by atoms with van der Waals surface area (Å²) in [7, 11) is 0. The van der Waals surface area contributed by atoms with Crippen LogP contribution in [0.4, 0.5) is 0 Å². The van der Waals surface area contributed by atoms with Gasteiger partial charge in [-0.25, -0.2) is 9.97 Å². The molecule has 0 spiro atoms. The van der Waals surface area contributed by atoms with Crippen LogP contribution in [0.5, 0.6) is 0 Å². The Bertz CT molecular complexity index is 585. The highest BCUT2D eigenvalue weighted by molar-refractivity contribution is 8.00. The second-order valence-electron chi connectivity index (χ2n) is 3.47. The zero-order valence-electron chi connectivity index (χ0n) is 9.10. The van der Waals surface area contributed by atoms with E-state index in [0.29, 0.717) is 10.3 Å². The van der Waals surface area contributed by atoms with Crippen molar-refractivity contribution >= 4 is 50.9 Å². The molecule has 0 fully saturated rings. The molecule has 0 amide bonds. The zero-order chi connectivity index (χ0) is 12.6. The molecule has 0 aromatic carbocycles. The molecule has 17 heavy (non-hydrogen) atoms. The zero-order valence-corrected chi connectivity index (χ0v) is 11.5. The Kier molecular flexibility index (Phi) is 3.56. The fraction of sp³-hybridized carbons (Fsp3) is 0.300. The number of aliphatic carboxylic acids is 1. The molecule has 0 aliphatic carbocycles. The number of halogens is 1. The summed E-state index contributed by atoms with van der Waals surface area (Å²) in [6.45, 7) is 3.56. The minimum atomic E-state index is -0.892. The molecule has 2 aromatic heterocycles. The highest BCUT2D eigenvalue weighted by atomic mass is 35.5. The van der Waals surface area contributed by atoms with E-state index in [2.05, 4.69) is 9.97 Å². The van der Waals surface area contributed by atoms with Gasteiger partial charge < -0.3 is 5.11 Å². The van der Waals surface area contributed by atoms with Crippen LogP contribution in [-0.4, -0.2) is 26.3 Å². The largest absolute Gasteiger partial charge is 0.480 e. The molecule has 0 radical (unpaired) electrons. The summed E-state index contributed by atoms with van der Waals surface area (Å²) in [5, 5.41) is 9.83. The Labute approximate surface area is 111 Å². The highest BCUT2D eigenvalue weighted by Crippen LogP contribution is 2.31. The van der Waals surface area contributed by atoms with Crippen LogP contribution in [0.15, 0.2) is 11.2 Å². The average molecular weight is 289 g/mol. The van der Waals surface area contributed by atoms with Crippen molar-refractivity contribution in [3.63, 3.8) is 0 Å². The molecular weight excluding hydrogens is 280 g/mol. The SMILES string of the molecule is Cc1cc2c(Cl)nc(SC(C)C(=O)O)nc2s1. The third kappa shape index (κ3) is 2.70. The number of thioether (sulfide) groups is 1. The fourth-order valence-electron chi connectivity index (χ4n) is 1.25. The Balaban J connectivity index is 2.39. The lowest BCUT2D eigenvalue weighted by atomic mass is 10.4. The summed E-state index contributed by atoms with van der Waals surface area (Å²) in [6, 6.07) is 1.93. The minimum Gasteiger partial charge on any atom is -0.480 e. The Morgan fingerprint density at radius 3 is 2.94 bits per heavy atom. The Hall–Kier alpha value is -0.850. The van der Waals surface area contributed by atoms with Crippen LogP contribution < -0.4 is 0 Å². The number of fused-ring (bicyclic) bond motifs is 1. The van der Waals surface area contributed by atoms with Gasteiger partial charge in [0, 0.05) is 10.3 Å². The Morgan fingerprint density at radius 2 is 2.29 bits per heavy atom. The maximum atomic E-state index is 10.7. The van der Waals surface area contributed by atoms with Crippen LogP contribution in [-0.2, 0) is 4.79 Å². The van der Waals surface area contributed by atoms with Gasteiger partial charge in [0.15, 0.2) is 5.16 Å². The van der Waals surface area contributed by atoms with Crippen LogP contribution in [0.25, 0.3) is 10.2 Å². The summed E-state index contributed by atoms with van der Waals surface area (Å²) in [5.41, 5.74) is 0. The first-order chi connectivity index (χ1) is 7.97. The molecule has 1 unspecified atom stereocenters. The van der Waals surface area contributed by atoms with Crippen molar-refractivity contribution in [2.75, 3.05) is 0 Å². The van der Waals surface area contributed by atoms with Gasteiger partial charge in [0.05, 0.1) is 0 Å². The third-order valence-electron chi connectivity index (χ3n) is 2.08. The summed E-state index contributed by atoms with van der Waals surface area (Å²) >= 11 is 8.64. The first-order valence-corrected chi connectivity index (χ1v) is 6.88. The molecule has 2 aromatic rings. The number of rotatable bonds is 3. The first-order valence-electron chi connectivity index (χ1n) is 4.80. The van der Waals surface area contributed by atoms with Crippen molar-refractivity contribution in [3.05, 3.63) is 16.1 Å². The number of carbonyl (C=O) groups is 1. The second-order valence-corrected chi connectivity index (χ2v) is 6.37. The number of aromatic nitrogens is 2. The van der Waals surface area contributed by atoms with E-state index >= 15 is 0 Å². The fourth-order valence-corrected chi connectivity index (χ4v) is 3.22. The molecule has 0 aliphatic rings. The normalized spacial score (nSPS) is 12.9. The summed E-state index contributed by atoms with van der Waals surface area (Å²) in [5.74, 6) is -0.892. The quantitative estimate of drug-likeness (QED) is 0.534. The maximum absolute atomic E-state index is 10.7. The lowest BCUT2D eigenvalue weighted by Crippen LogP contribution is -2.11. The van der Waals surface area contributed by atoms with E-state index < -0.39 is 11.2 Å². The molecule has 2 heterocycles. The van der Waals surface area contributed by atoms with Gasteiger partial charge >= 0.3 is 5.97 Å². The molecule has 0 bridgehead atoms. The molecule has 1 atom stereocenters. The smallest absolute Gasteiger partial charge is 0.316 e. The van der Waals surface area contributed by atoms with Crippen molar-refractivity contribution in [2.24, 2.45) is 0 Å². The monoisotopic (exact) mass is 288 g/mol. The van der Waals surface area contributed by atoms with Gasteiger partial charge in [-0.05, 0) is 19.9 Å². The molecule has 4 nitrogen and oxygen atoms in total. The molecule has 7 heteroatoms. The number of carboxylic acid groups (broad SMARTS) is 1. The average Bonchev–Trinajstić information content (AvgIpc) is 2.59. The van der Waals surface area contributed by atoms with E-state index in [1.807, 2.05) is 13.0 Å². The van der Waals surface area contributed by atoms with Crippen LogP contribution in [0, 0.1) is 6.92 Å². The Morgan fingerprint density at radius 1 is 1.59 bits per heavy atom. The van der Waals surface area contributed by atoms with Crippen molar-refractivity contribution in [1.29, 1.82) is 0 Å². The lowest BCUT2D eigenvalue weighted by Gasteiger charge is -2.04. The van der Waals surface area contributed by atoms with Crippen LogP contribution in [0.1, 0.15) is 11.8 Å². The molecule has 1 N–H and O–H groups in total. The van der Waals surface area contributed by atoms with E-state index in [1.54, 1.807) is 6.92 Å². The predicted molar refractivity (Wildman–Crippen MR) is 70.1 cm³/mol. The van der Waals surface area contributed by atoms with Crippen molar-refractivity contribution in [3.8, 4) is 0 Å². The molecule has 90 valence electrons. The maximum Gasteiger partial charge on any atom is 0.316 e. The number of hydrogen-bond donors (Lipinski definition) is 1. The summed E-state index contributed by atoms with van der Waals surface area (Å²) in [4.78, 5) is 21.0. The van der Waals surface area contributed by atoms with Gasteiger partial charge in [0.1, 0.15) is 15.2 Å². The number of hydrogen-bond acceptors (Lipinski definition) is 5. The van der Waals surface area contributed by atoms with Gasteiger partial charge in [-0.15, -0.1) is 11.3 Å². The van der Waals surface area contributed by atoms with Gasteiger partial charge in [-0.1, -0.05) is 23.4 Å². The van der Waals surface area contributed by atoms with Crippen LogP contribution >= 0.6 is 34.7 Å². The summed E-state index contributed by atoms with van der Waals surface area (Å²) < 4.78 is 0. The standard InChI is InChI=1S/C10H9ClN2O2S2/c1-4-3-6-7(11)12-10(13-8(6)16-4)17-5(2)9(14)15/h3,5H,1-2H3,(H,14,15). The molecule has 2 rings (SSSR count). The van der Waals surface area contributed by atoms with Gasteiger partial charge in [0.25, 0.3) is 0 Å². The topological polar surface area (TPSA) is 63.1 Å². The third-order valence-corrected chi connectivity index (χ3v) is 4.26. The van der Waals surface area contributed by atoms with E-state index in [1.165, 1.54) is 11.3 Å². The number of nitrogens with zero attached hydrogens (tertiary/aromatic N) is 2. The highest BCUT2D eigenvalue weighted by Gasteiger charge is 2.16. The van der Waals surface area contributed by atoms with E-state index in [4.69, 9.17) is 16.7 Å². The predicted octanol–water partition coefficient (Wildman–Crippen LogP) is 3.22. The number of thiophene rings is 1.